The molecule has 0 bridgehead atoms. The largest absolute Gasteiger partial charge is 0.387 e. The molecule has 0 spiro atoms. The number of aromatic nitrogens is 1. The quantitative estimate of drug-likeness (QED) is 0.744. The molecule has 14 heavy (non-hydrogen) atoms. The van der Waals surface area contributed by atoms with E-state index in [1.807, 2.05) is 18.3 Å². The second kappa shape index (κ2) is 2.63. The first-order chi connectivity index (χ1) is 6.39. The molecule has 1 heterocycles. The molecule has 0 saturated heterocycles. The van der Waals surface area contributed by atoms with Crippen LogP contribution < -0.4 is 0 Å². The van der Waals surface area contributed by atoms with Crippen LogP contribution in [0.2, 0.25) is 0 Å². The molecule has 2 heteroatoms. The Kier molecular flexibility index (Phi) is 1.84. The second-order valence-electron chi connectivity index (χ2n) is 5.49. The van der Waals surface area contributed by atoms with E-state index < -0.39 is 0 Å². The number of hydrogen-bond acceptors (Lipinski definition) is 1. The van der Waals surface area contributed by atoms with Gasteiger partial charge in [-0.3, -0.25) is 0 Å². The highest BCUT2D eigenvalue weighted by molar-refractivity contribution is 5.21. The van der Waals surface area contributed by atoms with Crippen molar-refractivity contribution < 1.29 is 5.11 Å². The summed E-state index contributed by atoms with van der Waals surface area (Å²) in [5.74, 6) is 0.355. The first-order valence-electron chi connectivity index (χ1n) is 5.20. The Labute approximate surface area is 85.3 Å². The molecule has 0 radical (unpaired) electrons. The fourth-order valence-electron chi connectivity index (χ4n) is 2.74. The molecule has 2 rings (SSSR count). The van der Waals surface area contributed by atoms with Crippen LogP contribution in [0.1, 0.15) is 39.5 Å². The minimum Gasteiger partial charge on any atom is -0.387 e. The van der Waals surface area contributed by atoms with Gasteiger partial charge in [-0.2, -0.15) is 0 Å². The highest BCUT2D eigenvalue weighted by Gasteiger charge is 2.67. The lowest BCUT2D eigenvalue weighted by atomic mass is 10.0. The number of nitrogens with one attached hydrogen (secondary N) is 1. The SMILES string of the molecule is CC1(C)C(C(O)c2ccc[nH]2)C1(C)C. The molecule has 1 atom stereocenters. The number of aliphatic hydroxyl groups is 1. The molecule has 1 aromatic heterocycles. The number of aromatic amines is 1. The van der Waals surface area contributed by atoms with E-state index in [0.29, 0.717) is 5.92 Å². The van der Waals surface area contributed by atoms with Gasteiger partial charge in [-0.15, -0.1) is 0 Å². The van der Waals surface area contributed by atoms with Crippen molar-refractivity contribution >= 4 is 0 Å². The molecule has 1 aliphatic carbocycles. The van der Waals surface area contributed by atoms with Gasteiger partial charge in [-0.1, -0.05) is 27.7 Å². The molecule has 1 aromatic rings. The molecule has 2 N–H and O–H groups in total. The first kappa shape index (κ1) is 9.78. The van der Waals surface area contributed by atoms with Gasteiger partial charge in [0.05, 0.1) is 6.10 Å². The van der Waals surface area contributed by atoms with Crippen molar-refractivity contribution in [3.05, 3.63) is 24.0 Å². The Morgan fingerprint density at radius 2 is 1.86 bits per heavy atom. The zero-order valence-electron chi connectivity index (χ0n) is 9.33. The molecule has 1 aliphatic rings. The number of hydrogen-bond donors (Lipinski definition) is 2. The molecular formula is C12H19NO. The van der Waals surface area contributed by atoms with E-state index in [-0.39, 0.29) is 16.9 Å². The third-order valence-corrected chi connectivity index (χ3v) is 4.39. The van der Waals surface area contributed by atoms with Gasteiger partial charge in [0.25, 0.3) is 0 Å². The summed E-state index contributed by atoms with van der Waals surface area (Å²) in [6.45, 7) is 8.90. The van der Waals surface area contributed by atoms with Crippen LogP contribution in [0.3, 0.4) is 0 Å². The van der Waals surface area contributed by atoms with E-state index in [1.54, 1.807) is 0 Å². The van der Waals surface area contributed by atoms with E-state index in [1.165, 1.54) is 0 Å². The van der Waals surface area contributed by atoms with Crippen LogP contribution in [0.25, 0.3) is 0 Å². The highest BCUT2D eigenvalue weighted by Crippen LogP contribution is 2.72. The molecule has 0 amide bonds. The fraction of sp³-hybridized carbons (Fsp3) is 0.667. The molecule has 1 fully saturated rings. The van der Waals surface area contributed by atoms with Crippen molar-refractivity contribution in [3.8, 4) is 0 Å². The predicted octanol–water partition coefficient (Wildman–Crippen LogP) is 2.73. The van der Waals surface area contributed by atoms with E-state index >= 15 is 0 Å². The summed E-state index contributed by atoms with van der Waals surface area (Å²) in [4.78, 5) is 3.08. The molecule has 0 aromatic carbocycles. The van der Waals surface area contributed by atoms with Crippen molar-refractivity contribution in [1.82, 2.24) is 4.98 Å². The molecule has 78 valence electrons. The maximum atomic E-state index is 10.2. The molecule has 2 nitrogen and oxygen atoms in total. The monoisotopic (exact) mass is 193 g/mol. The smallest absolute Gasteiger partial charge is 0.0976 e. The molecule has 0 aliphatic heterocycles. The van der Waals surface area contributed by atoms with Crippen LogP contribution in [0.4, 0.5) is 0 Å². The molecular weight excluding hydrogens is 174 g/mol. The Morgan fingerprint density at radius 1 is 1.29 bits per heavy atom. The lowest BCUT2D eigenvalue weighted by Gasteiger charge is -2.10. The van der Waals surface area contributed by atoms with Crippen LogP contribution in [-0.4, -0.2) is 10.1 Å². The van der Waals surface area contributed by atoms with E-state index in [0.717, 1.165) is 5.69 Å². The minimum atomic E-state index is -0.352. The van der Waals surface area contributed by atoms with Gasteiger partial charge in [-0.05, 0) is 23.0 Å². The Hall–Kier alpha value is -0.760. The first-order valence-corrected chi connectivity index (χ1v) is 5.20. The van der Waals surface area contributed by atoms with Crippen molar-refractivity contribution in [1.29, 1.82) is 0 Å². The maximum Gasteiger partial charge on any atom is 0.0976 e. The minimum absolute atomic E-state index is 0.234. The van der Waals surface area contributed by atoms with Gasteiger partial charge < -0.3 is 10.1 Å². The summed E-state index contributed by atoms with van der Waals surface area (Å²) in [7, 11) is 0. The molecule has 1 saturated carbocycles. The number of rotatable bonds is 2. The van der Waals surface area contributed by atoms with Crippen molar-refractivity contribution in [2.75, 3.05) is 0 Å². The average molecular weight is 193 g/mol. The predicted molar refractivity (Wildman–Crippen MR) is 56.8 cm³/mol. The maximum absolute atomic E-state index is 10.2. The van der Waals surface area contributed by atoms with Gasteiger partial charge in [0.2, 0.25) is 0 Å². The Balaban J connectivity index is 2.20. The van der Waals surface area contributed by atoms with Gasteiger partial charge in [0.15, 0.2) is 0 Å². The summed E-state index contributed by atoms with van der Waals surface area (Å²) < 4.78 is 0. The van der Waals surface area contributed by atoms with Crippen LogP contribution >= 0.6 is 0 Å². The zero-order chi connectivity index (χ0) is 10.6. The van der Waals surface area contributed by atoms with Crippen LogP contribution in [0.5, 0.6) is 0 Å². The van der Waals surface area contributed by atoms with Crippen LogP contribution in [-0.2, 0) is 0 Å². The summed E-state index contributed by atoms with van der Waals surface area (Å²) in [6, 6.07) is 3.88. The van der Waals surface area contributed by atoms with E-state index in [4.69, 9.17) is 0 Å². The van der Waals surface area contributed by atoms with Gasteiger partial charge in [0, 0.05) is 17.8 Å². The third kappa shape index (κ3) is 1.07. The molecule has 1 unspecified atom stereocenters. The second-order valence-corrected chi connectivity index (χ2v) is 5.49. The van der Waals surface area contributed by atoms with Gasteiger partial charge in [-0.25, -0.2) is 0 Å². The lowest BCUT2D eigenvalue weighted by molar-refractivity contribution is 0.127. The van der Waals surface area contributed by atoms with E-state index in [2.05, 4.69) is 32.7 Å². The summed E-state index contributed by atoms with van der Waals surface area (Å²) >= 11 is 0. The summed E-state index contributed by atoms with van der Waals surface area (Å²) in [6.07, 6.45) is 1.51. The zero-order valence-corrected chi connectivity index (χ0v) is 9.33. The lowest BCUT2D eigenvalue weighted by Crippen LogP contribution is -2.05. The van der Waals surface area contributed by atoms with Crippen molar-refractivity contribution in [2.24, 2.45) is 16.7 Å². The number of H-pyrrole nitrogens is 1. The number of aliphatic hydroxyl groups excluding tert-OH is 1. The van der Waals surface area contributed by atoms with Crippen LogP contribution in [0.15, 0.2) is 18.3 Å². The van der Waals surface area contributed by atoms with Gasteiger partial charge in [0.1, 0.15) is 0 Å². The van der Waals surface area contributed by atoms with Gasteiger partial charge >= 0.3 is 0 Å². The van der Waals surface area contributed by atoms with Crippen LogP contribution in [0, 0.1) is 16.7 Å². The average Bonchev–Trinajstić information content (AvgIpc) is 2.53. The fourth-order valence-corrected chi connectivity index (χ4v) is 2.74. The van der Waals surface area contributed by atoms with E-state index in [9.17, 15) is 5.11 Å². The normalized spacial score (nSPS) is 26.1. The highest BCUT2D eigenvalue weighted by atomic mass is 16.3. The summed E-state index contributed by atoms with van der Waals surface area (Å²) in [5, 5.41) is 10.2. The van der Waals surface area contributed by atoms with Crippen molar-refractivity contribution in [3.63, 3.8) is 0 Å². The van der Waals surface area contributed by atoms with Crippen molar-refractivity contribution in [2.45, 2.75) is 33.8 Å². The summed E-state index contributed by atoms with van der Waals surface area (Å²) in [5.41, 5.74) is 1.41. The Morgan fingerprint density at radius 3 is 2.21 bits per heavy atom. The standard InChI is InChI=1S/C12H19NO/c1-11(2)10(12(11,3)4)9(14)8-6-5-7-13-8/h5-7,9-10,13-14H,1-4H3. The Bertz CT molecular complexity index is 310. The third-order valence-electron chi connectivity index (χ3n) is 4.39. The topological polar surface area (TPSA) is 36.0 Å².